The van der Waals surface area contributed by atoms with E-state index in [4.69, 9.17) is 9.72 Å². The highest BCUT2D eigenvalue weighted by Gasteiger charge is 2.26. The molecule has 142 valence electrons. The second kappa shape index (κ2) is 8.35. The minimum atomic E-state index is 0.123. The summed E-state index contributed by atoms with van der Waals surface area (Å²) in [6.07, 6.45) is 4.95. The molecular weight excluding hydrogens is 408 g/mol. The molecule has 2 aliphatic heterocycles. The molecule has 0 saturated carbocycles. The molecular formula is C20H23BrN4O2. The molecule has 0 aliphatic carbocycles. The Morgan fingerprint density at radius 1 is 1.19 bits per heavy atom. The summed E-state index contributed by atoms with van der Waals surface area (Å²) in [5, 5.41) is 0. The molecule has 0 bridgehead atoms. The van der Waals surface area contributed by atoms with Gasteiger partial charge in [0.1, 0.15) is 5.82 Å². The Balaban J connectivity index is 1.51. The molecule has 0 unspecified atom stereocenters. The molecule has 1 aromatic carbocycles. The fourth-order valence-electron chi connectivity index (χ4n) is 3.57. The van der Waals surface area contributed by atoms with Crippen LogP contribution in [0.1, 0.15) is 24.0 Å². The van der Waals surface area contributed by atoms with Gasteiger partial charge in [-0.3, -0.25) is 9.69 Å². The number of hydrogen-bond donors (Lipinski definition) is 0. The van der Waals surface area contributed by atoms with Gasteiger partial charge >= 0.3 is 0 Å². The van der Waals surface area contributed by atoms with Crippen LogP contribution in [0.25, 0.3) is 0 Å². The smallest absolute Gasteiger partial charge is 0.228 e. The molecule has 1 saturated heterocycles. The summed E-state index contributed by atoms with van der Waals surface area (Å²) in [7, 11) is 0. The minimum Gasteiger partial charge on any atom is -0.378 e. The lowest BCUT2D eigenvalue weighted by atomic mass is 10.1. The molecule has 3 heterocycles. The molecule has 7 heteroatoms. The summed E-state index contributed by atoms with van der Waals surface area (Å²) < 4.78 is 6.46. The first kappa shape index (κ1) is 18.4. The lowest BCUT2D eigenvalue weighted by molar-refractivity contribution is -0.118. The normalized spacial score (nSPS) is 16.9. The van der Waals surface area contributed by atoms with Gasteiger partial charge in [-0.05, 0) is 30.9 Å². The van der Waals surface area contributed by atoms with Gasteiger partial charge in [-0.1, -0.05) is 34.1 Å². The number of halogens is 1. The fourth-order valence-corrected chi connectivity index (χ4v) is 4.05. The van der Waals surface area contributed by atoms with Gasteiger partial charge in [-0.2, -0.15) is 4.98 Å². The lowest BCUT2D eigenvalue weighted by Gasteiger charge is -2.31. The number of rotatable bonds is 4. The molecule has 1 amide bonds. The van der Waals surface area contributed by atoms with Gasteiger partial charge in [-0.15, -0.1) is 0 Å². The van der Waals surface area contributed by atoms with Crippen LogP contribution in [0.5, 0.6) is 0 Å². The van der Waals surface area contributed by atoms with E-state index in [-0.39, 0.29) is 5.91 Å². The Bertz CT molecular complexity index is 823. The van der Waals surface area contributed by atoms with Crippen LogP contribution in [0.2, 0.25) is 0 Å². The number of hydrogen-bond acceptors (Lipinski definition) is 5. The van der Waals surface area contributed by atoms with Crippen molar-refractivity contribution in [3.63, 3.8) is 0 Å². The topological polar surface area (TPSA) is 58.6 Å². The molecule has 0 spiro atoms. The first-order valence-corrected chi connectivity index (χ1v) is 10.2. The summed E-state index contributed by atoms with van der Waals surface area (Å²) >= 11 is 3.56. The van der Waals surface area contributed by atoms with Crippen LogP contribution in [-0.2, 0) is 22.4 Å². The quantitative estimate of drug-likeness (QED) is 0.745. The number of aromatic nitrogens is 2. The van der Waals surface area contributed by atoms with Crippen LogP contribution >= 0.6 is 15.9 Å². The van der Waals surface area contributed by atoms with E-state index in [9.17, 15) is 4.79 Å². The molecule has 0 radical (unpaired) electrons. The van der Waals surface area contributed by atoms with Crippen LogP contribution < -0.4 is 9.80 Å². The van der Waals surface area contributed by atoms with Crippen LogP contribution in [0.3, 0.4) is 0 Å². The predicted molar refractivity (Wildman–Crippen MR) is 108 cm³/mol. The van der Waals surface area contributed by atoms with E-state index in [1.807, 2.05) is 29.3 Å². The van der Waals surface area contributed by atoms with Crippen molar-refractivity contribution < 1.29 is 9.53 Å². The average Bonchev–Trinajstić information content (AvgIpc) is 2.73. The van der Waals surface area contributed by atoms with Crippen LogP contribution in [0, 0.1) is 0 Å². The van der Waals surface area contributed by atoms with Crippen molar-refractivity contribution in [1.82, 2.24) is 9.97 Å². The number of amides is 1. The van der Waals surface area contributed by atoms with Crippen molar-refractivity contribution in [2.45, 2.75) is 25.7 Å². The highest BCUT2D eigenvalue weighted by Crippen LogP contribution is 2.28. The zero-order valence-electron chi connectivity index (χ0n) is 15.2. The molecule has 6 nitrogen and oxygen atoms in total. The SMILES string of the molecule is O=C(CCc1ccccc1Br)N1CCCc2cnc(N3CCOCC3)nc21. The molecule has 2 aliphatic rings. The number of aryl methyl sites for hydroxylation is 2. The number of morpholine rings is 1. The van der Waals surface area contributed by atoms with E-state index in [2.05, 4.69) is 31.9 Å². The molecule has 1 fully saturated rings. The van der Waals surface area contributed by atoms with Crippen molar-refractivity contribution in [3.05, 3.63) is 46.1 Å². The van der Waals surface area contributed by atoms with Crippen molar-refractivity contribution in [3.8, 4) is 0 Å². The number of carbonyl (C=O) groups is 1. The second-order valence-electron chi connectivity index (χ2n) is 6.86. The molecule has 2 aromatic rings. The molecule has 27 heavy (non-hydrogen) atoms. The van der Waals surface area contributed by atoms with Crippen LogP contribution in [0.4, 0.5) is 11.8 Å². The summed E-state index contributed by atoms with van der Waals surface area (Å²) in [5.74, 6) is 1.61. The number of ether oxygens (including phenoxy) is 1. The van der Waals surface area contributed by atoms with E-state index in [1.165, 1.54) is 0 Å². The number of carbonyl (C=O) groups excluding carboxylic acids is 1. The number of fused-ring (bicyclic) bond motifs is 1. The van der Waals surface area contributed by atoms with Crippen molar-refractivity contribution in [1.29, 1.82) is 0 Å². The van der Waals surface area contributed by atoms with Gasteiger partial charge in [0.15, 0.2) is 0 Å². The van der Waals surface area contributed by atoms with E-state index in [1.54, 1.807) is 0 Å². The van der Waals surface area contributed by atoms with Crippen molar-refractivity contribution in [2.24, 2.45) is 0 Å². The second-order valence-corrected chi connectivity index (χ2v) is 7.71. The van der Waals surface area contributed by atoms with E-state index < -0.39 is 0 Å². The third kappa shape index (κ3) is 4.14. The Hall–Kier alpha value is -1.99. The maximum absolute atomic E-state index is 12.9. The summed E-state index contributed by atoms with van der Waals surface area (Å²) in [5.41, 5.74) is 2.22. The number of benzene rings is 1. The van der Waals surface area contributed by atoms with Crippen LogP contribution in [0.15, 0.2) is 34.9 Å². The molecule has 0 N–H and O–H groups in total. The Labute approximate surface area is 167 Å². The summed E-state index contributed by atoms with van der Waals surface area (Å²) in [6.45, 7) is 3.68. The van der Waals surface area contributed by atoms with Gasteiger partial charge in [0, 0.05) is 42.3 Å². The largest absolute Gasteiger partial charge is 0.378 e. The maximum atomic E-state index is 12.9. The Kier molecular flexibility index (Phi) is 5.69. The first-order chi connectivity index (χ1) is 13.2. The molecule has 4 rings (SSSR count). The summed E-state index contributed by atoms with van der Waals surface area (Å²) in [6, 6.07) is 8.06. The van der Waals surface area contributed by atoms with E-state index >= 15 is 0 Å². The van der Waals surface area contributed by atoms with Gasteiger partial charge in [-0.25, -0.2) is 4.98 Å². The van der Waals surface area contributed by atoms with Crippen molar-refractivity contribution >= 4 is 33.6 Å². The van der Waals surface area contributed by atoms with E-state index in [0.717, 1.165) is 53.9 Å². The van der Waals surface area contributed by atoms with Gasteiger partial charge in [0.05, 0.1) is 13.2 Å². The molecule has 0 atom stereocenters. The monoisotopic (exact) mass is 430 g/mol. The maximum Gasteiger partial charge on any atom is 0.228 e. The number of anilines is 2. The minimum absolute atomic E-state index is 0.123. The van der Waals surface area contributed by atoms with Crippen LogP contribution in [-0.4, -0.2) is 48.7 Å². The first-order valence-electron chi connectivity index (χ1n) is 9.45. The standard InChI is InChI=1S/C20H23BrN4O2/c21-17-6-2-1-4-15(17)7-8-18(26)25-9-3-5-16-14-22-20(23-19(16)25)24-10-12-27-13-11-24/h1-2,4,6,14H,3,5,7-13H2. The Morgan fingerprint density at radius 3 is 2.81 bits per heavy atom. The highest BCUT2D eigenvalue weighted by atomic mass is 79.9. The zero-order valence-corrected chi connectivity index (χ0v) is 16.8. The fraction of sp³-hybridized carbons (Fsp3) is 0.450. The summed E-state index contributed by atoms with van der Waals surface area (Å²) in [4.78, 5) is 26.2. The average molecular weight is 431 g/mol. The zero-order chi connectivity index (χ0) is 18.6. The van der Waals surface area contributed by atoms with Gasteiger partial charge in [0.25, 0.3) is 0 Å². The molecule has 1 aromatic heterocycles. The van der Waals surface area contributed by atoms with Gasteiger partial charge in [0.2, 0.25) is 11.9 Å². The van der Waals surface area contributed by atoms with E-state index in [0.29, 0.717) is 32.0 Å². The van der Waals surface area contributed by atoms with Crippen molar-refractivity contribution in [2.75, 3.05) is 42.6 Å². The highest BCUT2D eigenvalue weighted by molar-refractivity contribution is 9.10. The van der Waals surface area contributed by atoms with Gasteiger partial charge < -0.3 is 9.64 Å². The Morgan fingerprint density at radius 2 is 2.00 bits per heavy atom. The number of nitrogens with zero attached hydrogens (tertiary/aromatic N) is 4. The third-order valence-electron chi connectivity index (χ3n) is 5.07. The lowest BCUT2D eigenvalue weighted by Crippen LogP contribution is -2.39. The third-order valence-corrected chi connectivity index (χ3v) is 5.85. The predicted octanol–water partition coefficient (Wildman–Crippen LogP) is 2.99.